The van der Waals surface area contributed by atoms with Gasteiger partial charge in [-0.05, 0) is 46.3 Å². The van der Waals surface area contributed by atoms with Gasteiger partial charge < -0.3 is 10.3 Å². The predicted octanol–water partition coefficient (Wildman–Crippen LogP) is 3.04. The highest BCUT2D eigenvalue weighted by atomic mass is 79.9. The molecule has 0 spiro atoms. The fourth-order valence-corrected chi connectivity index (χ4v) is 1.82. The Morgan fingerprint density at radius 1 is 1.28 bits per heavy atom. The highest BCUT2D eigenvalue weighted by molar-refractivity contribution is 9.10. The lowest BCUT2D eigenvalue weighted by molar-refractivity contribution is 0.102. The maximum absolute atomic E-state index is 11.9. The third-order valence-corrected chi connectivity index (χ3v) is 2.93. The molecule has 1 aromatic carbocycles. The van der Waals surface area contributed by atoms with Crippen molar-refractivity contribution in [3.63, 3.8) is 0 Å². The Morgan fingerprint density at radius 2 is 1.94 bits per heavy atom. The number of aromatic amines is 1. The first kappa shape index (κ1) is 12.9. The first-order chi connectivity index (χ1) is 8.56. The molecule has 1 amide bonds. The summed E-state index contributed by atoms with van der Waals surface area (Å²) < 4.78 is 0.675. The van der Waals surface area contributed by atoms with Gasteiger partial charge >= 0.3 is 0 Å². The van der Waals surface area contributed by atoms with E-state index in [0.717, 1.165) is 0 Å². The summed E-state index contributed by atoms with van der Waals surface area (Å²) in [4.78, 5) is 25.8. The average molecular weight is 328 g/mol. The number of pyridine rings is 1. The van der Waals surface area contributed by atoms with Crippen molar-refractivity contribution in [3.05, 3.63) is 61.9 Å². The third-order valence-electron chi connectivity index (χ3n) is 2.22. The molecule has 0 fully saturated rings. The number of anilines is 1. The fourth-order valence-electron chi connectivity index (χ4n) is 1.35. The van der Waals surface area contributed by atoms with Gasteiger partial charge in [0.25, 0.3) is 11.5 Å². The van der Waals surface area contributed by atoms with Crippen LogP contribution >= 0.6 is 27.5 Å². The van der Waals surface area contributed by atoms with E-state index in [1.165, 1.54) is 12.3 Å². The highest BCUT2D eigenvalue weighted by Gasteiger charge is 2.08. The number of amides is 1. The molecule has 2 aromatic rings. The molecule has 2 rings (SSSR count). The monoisotopic (exact) mass is 326 g/mol. The summed E-state index contributed by atoms with van der Waals surface area (Å²) in [5.41, 5.74) is 0.253. The molecule has 0 aliphatic carbocycles. The second kappa shape index (κ2) is 5.37. The summed E-state index contributed by atoms with van der Waals surface area (Å²) in [6.07, 6.45) is 1.50. The predicted molar refractivity (Wildman–Crippen MR) is 74.2 cm³/mol. The van der Waals surface area contributed by atoms with Gasteiger partial charge in [-0.25, -0.2) is 0 Å². The van der Waals surface area contributed by atoms with Crippen LogP contribution in [0.5, 0.6) is 0 Å². The van der Waals surface area contributed by atoms with Crippen LogP contribution in [0.1, 0.15) is 10.4 Å². The van der Waals surface area contributed by atoms with Crippen molar-refractivity contribution < 1.29 is 4.79 Å². The maximum atomic E-state index is 11.9. The number of nitrogens with one attached hydrogen (secondary N) is 2. The number of hydrogen-bond acceptors (Lipinski definition) is 2. The first-order valence-electron chi connectivity index (χ1n) is 5.01. The molecule has 18 heavy (non-hydrogen) atoms. The molecule has 92 valence electrons. The van der Waals surface area contributed by atoms with Gasteiger partial charge in [-0.1, -0.05) is 11.6 Å². The summed E-state index contributed by atoms with van der Waals surface area (Å²) in [5, 5.41) is 3.08. The summed E-state index contributed by atoms with van der Waals surface area (Å²) in [6.45, 7) is 0. The number of H-pyrrole nitrogens is 1. The average Bonchev–Trinajstić information content (AvgIpc) is 2.34. The molecule has 4 nitrogen and oxygen atoms in total. The number of benzene rings is 1. The van der Waals surface area contributed by atoms with E-state index in [-0.39, 0.29) is 17.2 Å². The first-order valence-corrected chi connectivity index (χ1v) is 6.18. The topological polar surface area (TPSA) is 62.0 Å². The van der Waals surface area contributed by atoms with Gasteiger partial charge in [-0.15, -0.1) is 0 Å². The largest absolute Gasteiger partial charge is 0.326 e. The van der Waals surface area contributed by atoms with E-state index in [2.05, 4.69) is 26.2 Å². The van der Waals surface area contributed by atoms with Crippen molar-refractivity contribution in [2.75, 3.05) is 5.32 Å². The minimum atomic E-state index is -0.365. The molecule has 0 saturated heterocycles. The molecule has 0 bridgehead atoms. The van der Waals surface area contributed by atoms with Crippen LogP contribution in [0, 0.1) is 0 Å². The number of halogens is 2. The molecule has 0 atom stereocenters. The van der Waals surface area contributed by atoms with E-state index in [1.807, 2.05) is 0 Å². The summed E-state index contributed by atoms with van der Waals surface area (Å²) in [5.74, 6) is -0.365. The highest BCUT2D eigenvalue weighted by Crippen LogP contribution is 2.13. The molecule has 1 aromatic heterocycles. The SMILES string of the molecule is O=C(Nc1cc(Br)c[nH]c1=O)c1ccc(Cl)cc1. The molecule has 0 aliphatic heterocycles. The van der Waals surface area contributed by atoms with Crippen molar-refractivity contribution in [2.45, 2.75) is 0 Å². The summed E-state index contributed by atoms with van der Waals surface area (Å²) in [6, 6.07) is 7.93. The van der Waals surface area contributed by atoms with E-state index in [4.69, 9.17) is 11.6 Å². The second-order valence-corrected chi connectivity index (χ2v) is 4.87. The van der Waals surface area contributed by atoms with Crippen LogP contribution in [0.25, 0.3) is 0 Å². The van der Waals surface area contributed by atoms with Gasteiger partial charge in [-0.3, -0.25) is 9.59 Å². The third kappa shape index (κ3) is 3.00. The van der Waals surface area contributed by atoms with Crippen LogP contribution in [0.4, 0.5) is 5.69 Å². The molecule has 0 radical (unpaired) electrons. The standard InChI is InChI=1S/C12H8BrClN2O2/c13-8-5-10(12(18)15-6-8)16-11(17)7-1-3-9(14)4-2-7/h1-6H,(H,15,18)(H,16,17). The Balaban J connectivity index is 2.24. The van der Waals surface area contributed by atoms with Crippen molar-refractivity contribution in [2.24, 2.45) is 0 Å². The second-order valence-electron chi connectivity index (χ2n) is 3.52. The minimum absolute atomic E-state index is 0.185. The number of carbonyl (C=O) groups excluding carboxylic acids is 1. The Morgan fingerprint density at radius 3 is 2.61 bits per heavy atom. The quantitative estimate of drug-likeness (QED) is 0.890. The number of carbonyl (C=O) groups is 1. The Hall–Kier alpha value is -1.59. The van der Waals surface area contributed by atoms with Crippen molar-refractivity contribution in [3.8, 4) is 0 Å². The molecular weight excluding hydrogens is 320 g/mol. The molecule has 0 unspecified atom stereocenters. The molecular formula is C12H8BrClN2O2. The van der Waals surface area contributed by atoms with Crippen LogP contribution in [-0.2, 0) is 0 Å². The minimum Gasteiger partial charge on any atom is -0.326 e. The molecule has 0 aliphatic rings. The number of hydrogen-bond donors (Lipinski definition) is 2. The number of aromatic nitrogens is 1. The fraction of sp³-hybridized carbons (Fsp3) is 0. The zero-order chi connectivity index (χ0) is 13.1. The van der Waals surface area contributed by atoms with Crippen LogP contribution in [0.15, 0.2) is 45.8 Å². The molecule has 6 heteroatoms. The smallest absolute Gasteiger partial charge is 0.271 e. The lowest BCUT2D eigenvalue weighted by atomic mass is 10.2. The van der Waals surface area contributed by atoms with Gasteiger partial charge in [0.15, 0.2) is 0 Å². The Labute approximate surface area is 116 Å². The number of rotatable bonds is 2. The zero-order valence-corrected chi connectivity index (χ0v) is 11.4. The van der Waals surface area contributed by atoms with Crippen LogP contribution < -0.4 is 10.9 Å². The lowest BCUT2D eigenvalue weighted by Crippen LogP contribution is -2.19. The van der Waals surface area contributed by atoms with Gasteiger partial charge in [-0.2, -0.15) is 0 Å². The normalized spacial score (nSPS) is 10.1. The molecule has 1 heterocycles. The van der Waals surface area contributed by atoms with E-state index in [9.17, 15) is 9.59 Å². The Kier molecular flexibility index (Phi) is 3.84. The maximum Gasteiger partial charge on any atom is 0.271 e. The lowest BCUT2D eigenvalue weighted by Gasteiger charge is -2.04. The summed E-state index contributed by atoms with van der Waals surface area (Å²) in [7, 11) is 0. The van der Waals surface area contributed by atoms with E-state index >= 15 is 0 Å². The van der Waals surface area contributed by atoms with E-state index in [1.54, 1.807) is 24.3 Å². The van der Waals surface area contributed by atoms with Crippen molar-refractivity contribution in [1.29, 1.82) is 0 Å². The summed E-state index contributed by atoms with van der Waals surface area (Å²) >= 11 is 8.94. The van der Waals surface area contributed by atoms with Gasteiger partial charge in [0.05, 0.1) is 0 Å². The van der Waals surface area contributed by atoms with Gasteiger partial charge in [0, 0.05) is 21.3 Å². The van der Waals surface area contributed by atoms with Gasteiger partial charge in [0.2, 0.25) is 0 Å². The van der Waals surface area contributed by atoms with Crippen molar-refractivity contribution >= 4 is 39.1 Å². The van der Waals surface area contributed by atoms with Crippen LogP contribution in [-0.4, -0.2) is 10.9 Å². The van der Waals surface area contributed by atoms with E-state index in [0.29, 0.717) is 15.1 Å². The van der Waals surface area contributed by atoms with E-state index < -0.39 is 0 Å². The van der Waals surface area contributed by atoms with Gasteiger partial charge in [0.1, 0.15) is 5.69 Å². The van der Waals surface area contributed by atoms with Crippen LogP contribution in [0.3, 0.4) is 0 Å². The molecule has 0 saturated carbocycles. The molecule has 2 N–H and O–H groups in total. The van der Waals surface area contributed by atoms with Crippen molar-refractivity contribution in [1.82, 2.24) is 4.98 Å². The Bertz CT molecular complexity index is 637. The van der Waals surface area contributed by atoms with Crippen LogP contribution in [0.2, 0.25) is 5.02 Å². The zero-order valence-electron chi connectivity index (χ0n) is 9.04.